The molecule has 2 amide bonds. The van der Waals surface area contributed by atoms with Crippen molar-refractivity contribution in [1.29, 1.82) is 0 Å². The first-order valence-electron chi connectivity index (χ1n) is 9.73. The molecular weight excluding hydrogens is 390 g/mol. The smallest absolute Gasteiger partial charge is 0.265 e. The summed E-state index contributed by atoms with van der Waals surface area (Å²) < 4.78 is 5.75. The summed E-state index contributed by atoms with van der Waals surface area (Å²) in [6, 6.07) is 15.2. The molecule has 7 heteroatoms. The van der Waals surface area contributed by atoms with Gasteiger partial charge in [-0.2, -0.15) is 0 Å². The average molecular weight is 416 g/mol. The second-order valence-corrected chi connectivity index (χ2v) is 7.47. The number of hydrogen-bond donors (Lipinski definition) is 2. The SMILES string of the molecule is CC1NCCN(C(=O)c2cccc(NC(=O)C3Cc4ccccc4O3)c2)C1C.Cl. The van der Waals surface area contributed by atoms with Crippen molar-refractivity contribution < 1.29 is 14.3 Å². The van der Waals surface area contributed by atoms with Gasteiger partial charge in [0.25, 0.3) is 11.8 Å². The van der Waals surface area contributed by atoms with E-state index in [1.165, 1.54) is 0 Å². The molecule has 0 spiro atoms. The number of carbonyl (C=O) groups excluding carboxylic acids is 2. The molecule has 0 aliphatic carbocycles. The van der Waals surface area contributed by atoms with Crippen LogP contribution in [0.2, 0.25) is 0 Å². The predicted molar refractivity (Wildman–Crippen MR) is 115 cm³/mol. The van der Waals surface area contributed by atoms with Gasteiger partial charge in [-0.25, -0.2) is 0 Å². The molecule has 4 rings (SSSR count). The van der Waals surface area contributed by atoms with Crippen LogP contribution in [-0.4, -0.2) is 48.0 Å². The van der Waals surface area contributed by atoms with Gasteiger partial charge in [-0.05, 0) is 43.7 Å². The van der Waals surface area contributed by atoms with Gasteiger partial charge < -0.3 is 20.3 Å². The Labute approximate surface area is 177 Å². The number of carbonyl (C=O) groups is 2. The molecule has 0 radical (unpaired) electrons. The van der Waals surface area contributed by atoms with Crippen molar-refractivity contribution in [3.8, 4) is 5.75 Å². The van der Waals surface area contributed by atoms with E-state index in [-0.39, 0.29) is 36.3 Å². The monoisotopic (exact) mass is 415 g/mol. The van der Waals surface area contributed by atoms with Crippen LogP contribution in [0.15, 0.2) is 48.5 Å². The number of ether oxygens (including phenoxy) is 1. The summed E-state index contributed by atoms with van der Waals surface area (Å²) in [5, 5.41) is 6.27. The summed E-state index contributed by atoms with van der Waals surface area (Å²) in [4.78, 5) is 27.5. The van der Waals surface area contributed by atoms with Crippen molar-refractivity contribution in [2.75, 3.05) is 18.4 Å². The zero-order valence-electron chi connectivity index (χ0n) is 16.6. The average Bonchev–Trinajstić information content (AvgIpc) is 3.14. The van der Waals surface area contributed by atoms with Crippen LogP contribution < -0.4 is 15.4 Å². The van der Waals surface area contributed by atoms with Gasteiger partial charge in [0.15, 0.2) is 6.10 Å². The maximum Gasteiger partial charge on any atom is 0.265 e. The highest BCUT2D eigenvalue weighted by molar-refractivity contribution is 5.98. The largest absolute Gasteiger partial charge is 0.480 e. The third kappa shape index (κ3) is 4.38. The number of fused-ring (bicyclic) bond motifs is 1. The Morgan fingerprint density at radius 2 is 1.93 bits per heavy atom. The molecule has 2 aliphatic heterocycles. The van der Waals surface area contributed by atoms with Crippen LogP contribution in [0.4, 0.5) is 5.69 Å². The van der Waals surface area contributed by atoms with Crippen molar-refractivity contribution in [2.24, 2.45) is 0 Å². The number of anilines is 1. The molecule has 2 N–H and O–H groups in total. The molecule has 29 heavy (non-hydrogen) atoms. The Morgan fingerprint density at radius 3 is 2.72 bits per heavy atom. The van der Waals surface area contributed by atoms with Gasteiger partial charge in [0, 0.05) is 42.8 Å². The summed E-state index contributed by atoms with van der Waals surface area (Å²) in [7, 11) is 0. The second kappa shape index (κ2) is 8.84. The molecule has 2 heterocycles. The first-order valence-corrected chi connectivity index (χ1v) is 9.73. The summed E-state index contributed by atoms with van der Waals surface area (Å²) >= 11 is 0. The van der Waals surface area contributed by atoms with Crippen LogP contribution in [0.1, 0.15) is 29.8 Å². The second-order valence-electron chi connectivity index (χ2n) is 7.47. The number of para-hydroxylation sites is 1. The lowest BCUT2D eigenvalue weighted by atomic mass is 10.0. The van der Waals surface area contributed by atoms with Gasteiger partial charge in [-0.15, -0.1) is 12.4 Å². The van der Waals surface area contributed by atoms with Gasteiger partial charge >= 0.3 is 0 Å². The van der Waals surface area contributed by atoms with E-state index in [1.54, 1.807) is 24.3 Å². The Balaban J connectivity index is 0.00000240. The number of nitrogens with zero attached hydrogens (tertiary/aromatic N) is 1. The lowest BCUT2D eigenvalue weighted by Crippen LogP contribution is -2.57. The highest BCUT2D eigenvalue weighted by atomic mass is 35.5. The van der Waals surface area contributed by atoms with E-state index in [0.717, 1.165) is 17.9 Å². The third-order valence-electron chi connectivity index (χ3n) is 5.61. The number of amides is 2. The lowest BCUT2D eigenvalue weighted by Gasteiger charge is -2.38. The zero-order valence-corrected chi connectivity index (χ0v) is 17.4. The fourth-order valence-corrected chi connectivity index (χ4v) is 3.79. The van der Waals surface area contributed by atoms with Crippen LogP contribution in [0, 0.1) is 0 Å². The Morgan fingerprint density at radius 1 is 1.14 bits per heavy atom. The zero-order chi connectivity index (χ0) is 19.7. The summed E-state index contributed by atoms with van der Waals surface area (Å²) in [5.74, 6) is 0.542. The maximum absolute atomic E-state index is 13.0. The lowest BCUT2D eigenvalue weighted by molar-refractivity contribution is -0.122. The van der Waals surface area contributed by atoms with Crippen molar-refractivity contribution in [3.63, 3.8) is 0 Å². The minimum absolute atomic E-state index is 0. The fraction of sp³-hybridized carbons (Fsp3) is 0.364. The normalized spacial score (nSPS) is 22.8. The topological polar surface area (TPSA) is 70.7 Å². The molecule has 0 saturated carbocycles. The number of nitrogens with one attached hydrogen (secondary N) is 2. The van der Waals surface area contributed by atoms with Crippen LogP contribution in [0.5, 0.6) is 5.75 Å². The summed E-state index contributed by atoms with van der Waals surface area (Å²) in [6.45, 7) is 5.60. The molecule has 1 saturated heterocycles. The maximum atomic E-state index is 13.0. The summed E-state index contributed by atoms with van der Waals surface area (Å²) in [5.41, 5.74) is 2.22. The Kier molecular flexibility index (Phi) is 6.45. The molecule has 0 bridgehead atoms. The standard InChI is InChI=1S/C22H25N3O3.ClH/c1-14-15(2)25(11-10-23-14)22(27)17-7-5-8-18(12-17)24-21(26)20-13-16-6-3-4-9-19(16)28-20;/h3-9,12,14-15,20,23H,10-11,13H2,1-2H3,(H,24,26);1H. The van der Waals surface area contributed by atoms with Crippen LogP contribution in [0.25, 0.3) is 0 Å². The highest BCUT2D eigenvalue weighted by Crippen LogP contribution is 2.28. The molecule has 3 unspecified atom stereocenters. The van der Waals surface area contributed by atoms with E-state index >= 15 is 0 Å². The first kappa shape index (κ1) is 21.1. The van der Waals surface area contributed by atoms with Crippen LogP contribution in [0.3, 0.4) is 0 Å². The number of benzene rings is 2. The first-order chi connectivity index (χ1) is 13.5. The third-order valence-corrected chi connectivity index (χ3v) is 5.61. The predicted octanol–water partition coefficient (Wildman–Crippen LogP) is 2.87. The van der Waals surface area contributed by atoms with E-state index in [0.29, 0.717) is 24.2 Å². The Bertz CT molecular complexity index is 879. The van der Waals surface area contributed by atoms with Gasteiger partial charge in [0.2, 0.25) is 0 Å². The minimum Gasteiger partial charge on any atom is -0.480 e. The van der Waals surface area contributed by atoms with Crippen molar-refractivity contribution in [1.82, 2.24) is 10.2 Å². The summed E-state index contributed by atoms with van der Waals surface area (Å²) in [6.07, 6.45) is 0.00220. The van der Waals surface area contributed by atoms with E-state index in [1.807, 2.05) is 29.2 Å². The van der Waals surface area contributed by atoms with Gasteiger partial charge in [0.1, 0.15) is 5.75 Å². The van der Waals surface area contributed by atoms with E-state index < -0.39 is 6.10 Å². The van der Waals surface area contributed by atoms with E-state index in [2.05, 4.69) is 24.5 Å². The molecule has 3 atom stereocenters. The minimum atomic E-state index is -0.550. The highest BCUT2D eigenvalue weighted by Gasteiger charge is 2.30. The van der Waals surface area contributed by atoms with Crippen molar-refractivity contribution >= 4 is 29.9 Å². The number of hydrogen-bond acceptors (Lipinski definition) is 4. The van der Waals surface area contributed by atoms with Crippen molar-refractivity contribution in [2.45, 2.75) is 38.5 Å². The van der Waals surface area contributed by atoms with Gasteiger partial charge in [0.05, 0.1) is 0 Å². The number of piperazine rings is 1. The molecular formula is C22H26ClN3O3. The Hall–Kier alpha value is -2.57. The van der Waals surface area contributed by atoms with E-state index in [4.69, 9.17) is 4.74 Å². The number of rotatable bonds is 3. The quantitative estimate of drug-likeness (QED) is 0.808. The van der Waals surface area contributed by atoms with Crippen LogP contribution >= 0.6 is 12.4 Å². The molecule has 2 aromatic rings. The fourth-order valence-electron chi connectivity index (χ4n) is 3.79. The molecule has 2 aliphatic rings. The molecule has 154 valence electrons. The molecule has 6 nitrogen and oxygen atoms in total. The van der Waals surface area contributed by atoms with Gasteiger partial charge in [-0.1, -0.05) is 24.3 Å². The van der Waals surface area contributed by atoms with Crippen molar-refractivity contribution in [3.05, 3.63) is 59.7 Å². The molecule has 0 aromatic heterocycles. The van der Waals surface area contributed by atoms with Gasteiger partial charge in [-0.3, -0.25) is 9.59 Å². The molecule has 1 fully saturated rings. The van der Waals surface area contributed by atoms with E-state index in [9.17, 15) is 9.59 Å². The number of halogens is 1. The molecule has 2 aromatic carbocycles. The van der Waals surface area contributed by atoms with Crippen LogP contribution in [-0.2, 0) is 11.2 Å².